The quantitative estimate of drug-likeness (QED) is 0.757. The molecule has 2 atom stereocenters. The molecule has 0 radical (unpaired) electrons. The molecule has 1 spiro atoms. The minimum atomic E-state index is -0.129. The molecule has 0 aromatic rings. The zero-order valence-corrected chi connectivity index (χ0v) is 11.0. The maximum atomic E-state index is 12.1. The number of ether oxygens (including phenoxy) is 2. The zero-order valence-electron chi connectivity index (χ0n) is 11.0. The minimum Gasteiger partial charge on any atom is -0.378 e. The first-order chi connectivity index (χ1) is 8.11. The van der Waals surface area contributed by atoms with Gasteiger partial charge in [-0.05, 0) is 25.2 Å². The number of rotatable bonds is 4. The Balaban J connectivity index is 1.86. The fraction of sp³-hybridized carbons (Fsp3) is 0.929. The summed E-state index contributed by atoms with van der Waals surface area (Å²) < 4.78 is 11.3. The summed E-state index contributed by atoms with van der Waals surface area (Å²) in [5, 5.41) is 0. The molecule has 0 amide bonds. The van der Waals surface area contributed by atoms with Gasteiger partial charge in [-0.1, -0.05) is 13.8 Å². The Labute approximate surface area is 104 Å². The van der Waals surface area contributed by atoms with Gasteiger partial charge in [0, 0.05) is 32.0 Å². The first-order valence-electron chi connectivity index (χ1n) is 6.86. The van der Waals surface area contributed by atoms with Gasteiger partial charge in [-0.25, -0.2) is 0 Å². The highest BCUT2D eigenvalue weighted by atomic mass is 16.6. The van der Waals surface area contributed by atoms with E-state index in [0.29, 0.717) is 18.3 Å². The fourth-order valence-corrected chi connectivity index (χ4v) is 2.80. The van der Waals surface area contributed by atoms with Gasteiger partial charge in [0.15, 0.2) is 0 Å². The van der Waals surface area contributed by atoms with Crippen molar-refractivity contribution in [3.63, 3.8) is 0 Å². The predicted octanol–water partition coefficient (Wildman–Crippen LogP) is 2.58. The van der Waals surface area contributed by atoms with Gasteiger partial charge in [0.1, 0.15) is 5.78 Å². The standard InChI is InChI=1S/C14H24O3/c1-11(2)3-4-13(15)12-5-7-17-14(9-12)6-8-16-10-14/h11-12H,3-10H2,1-2H3. The van der Waals surface area contributed by atoms with Crippen molar-refractivity contribution in [1.29, 1.82) is 0 Å². The van der Waals surface area contributed by atoms with E-state index >= 15 is 0 Å². The van der Waals surface area contributed by atoms with Crippen molar-refractivity contribution < 1.29 is 14.3 Å². The molecule has 0 bridgehead atoms. The van der Waals surface area contributed by atoms with Crippen LogP contribution in [0.4, 0.5) is 0 Å². The molecule has 17 heavy (non-hydrogen) atoms. The molecule has 3 heteroatoms. The monoisotopic (exact) mass is 240 g/mol. The zero-order chi connectivity index (χ0) is 12.3. The number of carbonyl (C=O) groups excluding carboxylic acids is 1. The van der Waals surface area contributed by atoms with Crippen LogP contribution in [0.2, 0.25) is 0 Å². The lowest BCUT2D eigenvalue weighted by Crippen LogP contribution is -2.42. The normalized spacial score (nSPS) is 33.5. The minimum absolute atomic E-state index is 0.129. The number of Topliss-reactive ketones (excluding diaryl/α,β-unsaturated/α-hetero) is 1. The van der Waals surface area contributed by atoms with E-state index in [1.165, 1.54) is 0 Å². The van der Waals surface area contributed by atoms with Gasteiger partial charge in [0.2, 0.25) is 0 Å². The lowest BCUT2D eigenvalue weighted by Gasteiger charge is -2.36. The predicted molar refractivity (Wildman–Crippen MR) is 65.9 cm³/mol. The third-order valence-corrected chi connectivity index (χ3v) is 3.98. The maximum absolute atomic E-state index is 12.1. The Kier molecular flexibility index (Phi) is 4.21. The Morgan fingerprint density at radius 3 is 2.88 bits per heavy atom. The maximum Gasteiger partial charge on any atom is 0.136 e. The van der Waals surface area contributed by atoms with Crippen LogP contribution in [0.15, 0.2) is 0 Å². The molecule has 2 saturated heterocycles. The molecule has 3 nitrogen and oxygen atoms in total. The second kappa shape index (κ2) is 5.49. The van der Waals surface area contributed by atoms with Crippen molar-refractivity contribution in [1.82, 2.24) is 0 Å². The van der Waals surface area contributed by atoms with Crippen LogP contribution in [0.1, 0.15) is 46.0 Å². The molecule has 2 fully saturated rings. The van der Waals surface area contributed by atoms with Crippen LogP contribution in [-0.4, -0.2) is 31.2 Å². The average Bonchev–Trinajstić information content (AvgIpc) is 2.74. The third-order valence-electron chi connectivity index (χ3n) is 3.98. The van der Waals surface area contributed by atoms with E-state index in [9.17, 15) is 4.79 Å². The van der Waals surface area contributed by atoms with Gasteiger partial charge in [-0.2, -0.15) is 0 Å². The van der Waals surface area contributed by atoms with Gasteiger partial charge in [0.05, 0.1) is 12.2 Å². The highest BCUT2D eigenvalue weighted by molar-refractivity contribution is 5.81. The summed E-state index contributed by atoms with van der Waals surface area (Å²) in [6, 6.07) is 0. The van der Waals surface area contributed by atoms with Crippen molar-refractivity contribution in [3.8, 4) is 0 Å². The summed E-state index contributed by atoms with van der Waals surface area (Å²) in [5.41, 5.74) is -0.129. The molecular formula is C14H24O3. The Morgan fingerprint density at radius 1 is 1.41 bits per heavy atom. The van der Waals surface area contributed by atoms with E-state index in [-0.39, 0.29) is 11.5 Å². The number of hydrogen-bond acceptors (Lipinski definition) is 3. The van der Waals surface area contributed by atoms with Gasteiger partial charge in [-0.3, -0.25) is 4.79 Å². The number of carbonyl (C=O) groups is 1. The van der Waals surface area contributed by atoms with Crippen LogP contribution in [0, 0.1) is 11.8 Å². The van der Waals surface area contributed by atoms with Crippen molar-refractivity contribution in [3.05, 3.63) is 0 Å². The smallest absolute Gasteiger partial charge is 0.136 e. The molecule has 2 unspecified atom stereocenters. The van der Waals surface area contributed by atoms with Crippen LogP contribution < -0.4 is 0 Å². The van der Waals surface area contributed by atoms with E-state index < -0.39 is 0 Å². The molecule has 2 rings (SSSR count). The van der Waals surface area contributed by atoms with Crippen molar-refractivity contribution >= 4 is 5.78 Å². The van der Waals surface area contributed by atoms with Crippen LogP contribution >= 0.6 is 0 Å². The summed E-state index contributed by atoms with van der Waals surface area (Å²) in [5.74, 6) is 1.26. The van der Waals surface area contributed by atoms with Crippen molar-refractivity contribution in [2.24, 2.45) is 11.8 Å². The lowest BCUT2D eigenvalue weighted by atomic mass is 9.81. The molecule has 0 aliphatic carbocycles. The number of ketones is 1. The summed E-state index contributed by atoms with van der Waals surface area (Å²) in [7, 11) is 0. The first-order valence-corrected chi connectivity index (χ1v) is 6.86. The Morgan fingerprint density at radius 2 is 2.24 bits per heavy atom. The summed E-state index contributed by atoms with van der Waals surface area (Å²) in [6.07, 6.45) is 4.49. The van der Waals surface area contributed by atoms with Crippen LogP contribution in [0.5, 0.6) is 0 Å². The van der Waals surface area contributed by atoms with Gasteiger partial charge in [0.25, 0.3) is 0 Å². The van der Waals surface area contributed by atoms with Gasteiger partial charge in [-0.15, -0.1) is 0 Å². The van der Waals surface area contributed by atoms with E-state index in [1.54, 1.807) is 0 Å². The Bertz CT molecular complexity index is 267. The molecule has 0 saturated carbocycles. The summed E-state index contributed by atoms with van der Waals surface area (Å²) >= 11 is 0. The topological polar surface area (TPSA) is 35.5 Å². The van der Waals surface area contributed by atoms with Crippen LogP contribution in [0.3, 0.4) is 0 Å². The van der Waals surface area contributed by atoms with Crippen LogP contribution in [-0.2, 0) is 14.3 Å². The molecular weight excluding hydrogens is 216 g/mol. The average molecular weight is 240 g/mol. The molecule has 0 aromatic carbocycles. The van der Waals surface area contributed by atoms with E-state index in [2.05, 4.69) is 13.8 Å². The molecule has 2 heterocycles. The third kappa shape index (κ3) is 3.29. The van der Waals surface area contributed by atoms with Crippen molar-refractivity contribution in [2.45, 2.75) is 51.6 Å². The van der Waals surface area contributed by atoms with Gasteiger partial charge < -0.3 is 9.47 Å². The number of hydrogen-bond donors (Lipinski definition) is 0. The van der Waals surface area contributed by atoms with Crippen molar-refractivity contribution in [2.75, 3.05) is 19.8 Å². The second-order valence-electron chi connectivity index (χ2n) is 5.92. The highest BCUT2D eigenvalue weighted by Crippen LogP contribution is 2.36. The van der Waals surface area contributed by atoms with Crippen LogP contribution in [0.25, 0.3) is 0 Å². The molecule has 98 valence electrons. The van der Waals surface area contributed by atoms with E-state index in [1.807, 2.05) is 0 Å². The molecule has 2 aliphatic heterocycles. The second-order valence-corrected chi connectivity index (χ2v) is 5.92. The molecule has 2 aliphatic rings. The lowest BCUT2D eigenvalue weighted by molar-refractivity contribution is -0.137. The van der Waals surface area contributed by atoms with E-state index in [4.69, 9.17) is 9.47 Å². The van der Waals surface area contributed by atoms with E-state index in [0.717, 1.165) is 45.3 Å². The highest BCUT2D eigenvalue weighted by Gasteiger charge is 2.42. The first kappa shape index (κ1) is 13.0. The molecule has 0 aromatic heterocycles. The Hall–Kier alpha value is -0.410. The fourth-order valence-electron chi connectivity index (χ4n) is 2.80. The summed E-state index contributed by atoms with van der Waals surface area (Å²) in [6.45, 7) is 6.53. The largest absolute Gasteiger partial charge is 0.378 e. The molecule has 0 N–H and O–H groups in total. The van der Waals surface area contributed by atoms with Gasteiger partial charge >= 0.3 is 0 Å². The summed E-state index contributed by atoms with van der Waals surface area (Å²) in [4.78, 5) is 12.1. The SMILES string of the molecule is CC(C)CCC(=O)C1CCOC2(CCOC2)C1.